The molecule has 8 heteroatoms. The van der Waals surface area contributed by atoms with Crippen molar-refractivity contribution in [2.75, 3.05) is 19.0 Å². The molecule has 0 fully saturated rings. The van der Waals surface area contributed by atoms with Gasteiger partial charge in [-0.15, -0.1) is 0 Å². The van der Waals surface area contributed by atoms with E-state index in [2.05, 4.69) is 10.3 Å². The average molecular weight is 292 g/mol. The molecule has 0 radical (unpaired) electrons. The minimum atomic E-state index is -4.46. The normalized spacial score (nSPS) is 13.0. The minimum absolute atomic E-state index is 0.0859. The van der Waals surface area contributed by atoms with E-state index in [9.17, 15) is 18.0 Å². The molecule has 0 saturated heterocycles. The lowest BCUT2D eigenvalue weighted by molar-refractivity contribution is -0.139. The highest BCUT2D eigenvalue weighted by molar-refractivity contribution is 5.76. The first-order valence-corrected chi connectivity index (χ1v) is 5.86. The number of aromatic nitrogens is 1. The molecule has 1 aromatic heterocycles. The monoisotopic (exact) mass is 292 g/mol. The number of nitrogens with one attached hydrogen (secondary N) is 1. The third-order valence-electron chi connectivity index (χ3n) is 2.55. The van der Waals surface area contributed by atoms with Gasteiger partial charge in [0.15, 0.2) is 0 Å². The Labute approximate surface area is 113 Å². The van der Waals surface area contributed by atoms with Gasteiger partial charge >= 0.3 is 12.1 Å². The molecular formula is C12H15F3N2O3. The molecule has 1 atom stereocenters. The van der Waals surface area contributed by atoms with E-state index in [1.54, 1.807) is 0 Å². The molecule has 112 valence electrons. The summed E-state index contributed by atoms with van der Waals surface area (Å²) in [6.07, 6.45) is -3.00. The Hall–Kier alpha value is -1.83. The summed E-state index contributed by atoms with van der Waals surface area (Å²) in [6.45, 7) is 0.409. The molecule has 20 heavy (non-hydrogen) atoms. The van der Waals surface area contributed by atoms with Crippen LogP contribution in [0.2, 0.25) is 0 Å². The van der Waals surface area contributed by atoms with Crippen LogP contribution in [0, 0.1) is 0 Å². The van der Waals surface area contributed by atoms with E-state index < -0.39 is 23.8 Å². The Morgan fingerprint density at radius 2 is 2.20 bits per heavy atom. The van der Waals surface area contributed by atoms with Crippen molar-refractivity contribution in [3.63, 3.8) is 0 Å². The fraction of sp³-hybridized carbons (Fsp3) is 0.500. The summed E-state index contributed by atoms with van der Waals surface area (Å²) in [5.41, 5.74) is -0.880. The summed E-state index contributed by atoms with van der Waals surface area (Å²) in [5.74, 6) is -1.01. The maximum atomic E-state index is 12.3. The van der Waals surface area contributed by atoms with Crippen molar-refractivity contribution in [1.29, 1.82) is 0 Å². The van der Waals surface area contributed by atoms with E-state index in [1.807, 2.05) is 0 Å². The second-order valence-electron chi connectivity index (χ2n) is 4.10. The van der Waals surface area contributed by atoms with Gasteiger partial charge in [0.1, 0.15) is 11.9 Å². The zero-order chi connectivity index (χ0) is 15.2. The van der Waals surface area contributed by atoms with Gasteiger partial charge in [-0.1, -0.05) is 0 Å². The number of rotatable bonds is 7. The van der Waals surface area contributed by atoms with Crippen LogP contribution in [0.4, 0.5) is 19.0 Å². The van der Waals surface area contributed by atoms with Crippen molar-refractivity contribution in [2.45, 2.75) is 25.1 Å². The van der Waals surface area contributed by atoms with Gasteiger partial charge in [0, 0.05) is 19.9 Å². The van der Waals surface area contributed by atoms with Crippen molar-refractivity contribution in [1.82, 2.24) is 4.98 Å². The Bertz CT molecular complexity index is 435. The second-order valence-corrected chi connectivity index (χ2v) is 4.10. The zero-order valence-corrected chi connectivity index (χ0v) is 10.8. The summed E-state index contributed by atoms with van der Waals surface area (Å²) >= 11 is 0. The number of carboxylic acids is 1. The van der Waals surface area contributed by atoms with Gasteiger partial charge in [0.25, 0.3) is 0 Å². The molecule has 0 amide bonds. The first kappa shape index (κ1) is 16.2. The highest BCUT2D eigenvalue weighted by Crippen LogP contribution is 2.28. The molecule has 0 aliphatic rings. The number of carboxylic acid groups (broad SMARTS) is 1. The maximum Gasteiger partial charge on any atom is 0.417 e. The summed E-state index contributed by atoms with van der Waals surface area (Å²) < 4.78 is 41.9. The molecule has 0 aromatic carbocycles. The molecule has 0 aliphatic heterocycles. The third-order valence-corrected chi connectivity index (χ3v) is 2.55. The Balaban J connectivity index is 2.67. The fourth-order valence-corrected chi connectivity index (χ4v) is 1.51. The highest BCUT2D eigenvalue weighted by atomic mass is 19.4. The summed E-state index contributed by atoms with van der Waals surface area (Å²) in [7, 11) is 1.50. The summed E-state index contributed by atoms with van der Waals surface area (Å²) in [6, 6.07) is 1.03. The first-order chi connectivity index (χ1) is 9.34. The average Bonchev–Trinajstić information content (AvgIpc) is 2.37. The molecule has 2 N–H and O–H groups in total. The number of carbonyl (C=O) groups is 1. The van der Waals surface area contributed by atoms with Crippen LogP contribution in [-0.4, -0.2) is 35.8 Å². The van der Waals surface area contributed by atoms with Crippen molar-refractivity contribution < 1.29 is 27.8 Å². The van der Waals surface area contributed by atoms with Gasteiger partial charge in [-0.25, -0.2) is 9.78 Å². The first-order valence-electron chi connectivity index (χ1n) is 5.86. The van der Waals surface area contributed by atoms with Gasteiger partial charge in [0.05, 0.1) is 5.56 Å². The molecular weight excluding hydrogens is 277 g/mol. The lowest BCUT2D eigenvalue weighted by atomic mass is 10.1. The third kappa shape index (κ3) is 5.04. The lowest BCUT2D eigenvalue weighted by Gasteiger charge is -2.15. The largest absolute Gasteiger partial charge is 0.480 e. The van der Waals surface area contributed by atoms with Crippen LogP contribution in [0.15, 0.2) is 18.3 Å². The van der Waals surface area contributed by atoms with E-state index in [4.69, 9.17) is 9.84 Å². The van der Waals surface area contributed by atoms with Crippen molar-refractivity contribution in [3.8, 4) is 0 Å². The molecule has 5 nitrogen and oxygen atoms in total. The molecule has 1 rings (SSSR count). The Kier molecular flexibility index (Phi) is 5.75. The number of anilines is 1. The van der Waals surface area contributed by atoms with Crippen LogP contribution in [0.25, 0.3) is 0 Å². The molecule has 0 saturated carbocycles. The molecule has 0 bridgehead atoms. The van der Waals surface area contributed by atoms with Crippen LogP contribution in [0.3, 0.4) is 0 Å². The standard InChI is InChI=1S/C12H15F3N2O3/c1-20-6-2-3-9(11(18)19)17-10-5-4-8(7-16-10)12(13,14)15/h4-5,7,9H,2-3,6H2,1H3,(H,16,17)(H,18,19). The summed E-state index contributed by atoms with van der Waals surface area (Å²) in [4.78, 5) is 14.6. The predicted molar refractivity (Wildman–Crippen MR) is 65.4 cm³/mol. The molecule has 1 heterocycles. The van der Waals surface area contributed by atoms with Crippen LogP contribution >= 0.6 is 0 Å². The fourth-order valence-electron chi connectivity index (χ4n) is 1.51. The van der Waals surface area contributed by atoms with Crippen LogP contribution < -0.4 is 5.32 Å². The van der Waals surface area contributed by atoms with Gasteiger partial charge in [-0.05, 0) is 25.0 Å². The molecule has 0 spiro atoms. The van der Waals surface area contributed by atoms with E-state index in [0.29, 0.717) is 19.2 Å². The number of nitrogens with zero attached hydrogens (tertiary/aromatic N) is 1. The number of ether oxygens (including phenoxy) is 1. The molecule has 0 aliphatic carbocycles. The van der Waals surface area contributed by atoms with Crippen LogP contribution in [0.5, 0.6) is 0 Å². The van der Waals surface area contributed by atoms with E-state index in [1.165, 1.54) is 7.11 Å². The quantitative estimate of drug-likeness (QED) is 0.755. The van der Waals surface area contributed by atoms with Crippen LogP contribution in [0.1, 0.15) is 18.4 Å². The Morgan fingerprint density at radius 1 is 1.50 bits per heavy atom. The number of halogens is 3. The SMILES string of the molecule is COCCCC(Nc1ccc(C(F)(F)F)cn1)C(=O)O. The lowest BCUT2D eigenvalue weighted by Crippen LogP contribution is -2.30. The summed E-state index contributed by atoms with van der Waals surface area (Å²) in [5, 5.41) is 11.6. The number of methoxy groups -OCH3 is 1. The van der Waals surface area contributed by atoms with E-state index >= 15 is 0 Å². The van der Waals surface area contributed by atoms with E-state index in [0.717, 1.165) is 12.1 Å². The molecule has 1 unspecified atom stereocenters. The number of pyridine rings is 1. The zero-order valence-electron chi connectivity index (χ0n) is 10.8. The topological polar surface area (TPSA) is 71.5 Å². The van der Waals surface area contributed by atoms with Crippen molar-refractivity contribution in [3.05, 3.63) is 23.9 Å². The number of alkyl halides is 3. The van der Waals surface area contributed by atoms with Gasteiger partial charge in [-0.3, -0.25) is 0 Å². The number of aliphatic carboxylic acids is 1. The number of hydrogen-bond acceptors (Lipinski definition) is 4. The maximum absolute atomic E-state index is 12.3. The van der Waals surface area contributed by atoms with Crippen molar-refractivity contribution in [2.24, 2.45) is 0 Å². The number of hydrogen-bond donors (Lipinski definition) is 2. The van der Waals surface area contributed by atoms with Gasteiger partial charge < -0.3 is 15.2 Å². The van der Waals surface area contributed by atoms with Gasteiger partial charge in [-0.2, -0.15) is 13.2 Å². The predicted octanol–water partition coefficient (Wildman–Crippen LogP) is 2.39. The minimum Gasteiger partial charge on any atom is -0.480 e. The van der Waals surface area contributed by atoms with Crippen molar-refractivity contribution >= 4 is 11.8 Å². The van der Waals surface area contributed by atoms with E-state index in [-0.39, 0.29) is 12.2 Å². The highest BCUT2D eigenvalue weighted by Gasteiger charge is 2.30. The molecule has 1 aromatic rings. The van der Waals surface area contributed by atoms with Crippen LogP contribution in [-0.2, 0) is 15.7 Å². The van der Waals surface area contributed by atoms with Gasteiger partial charge in [0.2, 0.25) is 0 Å². The Morgan fingerprint density at radius 3 is 2.65 bits per heavy atom. The smallest absolute Gasteiger partial charge is 0.417 e. The second kappa shape index (κ2) is 7.09.